The molecule has 6 nitrogen and oxygen atoms in total. The third-order valence-corrected chi connectivity index (χ3v) is 3.31. The molecule has 1 amide bonds. The maximum Gasteiger partial charge on any atom is 0.433 e. The molecule has 1 N–H and O–H groups in total. The van der Waals surface area contributed by atoms with Gasteiger partial charge in [-0.05, 0) is 24.3 Å². The van der Waals surface area contributed by atoms with Gasteiger partial charge < -0.3 is 0 Å². The fraction of sp³-hybridized carbons (Fsp3) is 0.200. The first kappa shape index (κ1) is 16.8. The molecule has 3 rings (SSSR count). The fourth-order valence-electron chi connectivity index (χ4n) is 2.13. The molecule has 0 fully saturated rings. The van der Waals surface area contributed by atoms with E-state index in [0.29, 0.717) is 0 Å². The van der Waals surface area contributed by atoms with Crippen molar-refractivity contribution in [3.05, 3.63) is 42.0 Å². The van der Waals surface area contributed by atoms with E-state index in [9.17, 15) is 22.4 Å². The van der Waals surface area contributed by atoms with E-state index in [2.05, 4.69) is 20.3 Å². The van der Waals surface area contributed by atoms with Crippen LogP contribution in [0.4, 0.5) is 23.5 Å². The molecule has 0 saturated heterocycles. The van der Waals surface area contributed by atoms with Crippen molar-refractivity contribution in [1.82, 2.24) is 19.5 Å². The summed E-state index contributed by atoms with van der Waals surface area (Å²) in [5, 5.41) is 2.48. The van der Waals surface area contributed by atoms with Gasteiger partial charge in [0.1, 0.15) is 22.8 Å². The number of fused-ring (bicyclic) bond motifs is 1. The van der Waals surface area contributed by atoms with Crippen LogP contribution in [0.5, 0.6) is 0 Å². The molecule has 0 bridgehead atoms. The molecule has 0 saturated carbocycles. The minimum absolute atomic E-state index is 0.0483. The van der Waals surface area contributed by atoms with Crippen molar-refractivity contribution in [2.75, 3.05) is 5.32 Å². The number of imidazole rings is 1. The smallest absolute Gasteiger partial charge is 0.296 e. The molecule has 0 unspecified atom stereocenters. The molecule has 25 heavy (non-hydrogen) atoms. The number of hydrogen-bond acceptors (Lipinski definition) is 4. The first-order valence-corrected chi connectivity index (χ1v) is 7.18. The quantitative estimate of drug-likeness (QED) is 0.733. The summed E-state index contributed by atoms with van der Waals surface area (Å²) in [5.74, 6) is -0.985. The number of nitrogens with one attached hydrogen (secondary N) is 1. The second-order valence-corrected chi connectivity index (χ2v) is 5.04. The van der Waals surface area contributed by atoms with Crippen molar-refractivity contribution in [2.45, 2.75) is 19.5 Å². The van der Waals surface area contributed by atoms with Crippen molar-refractivity contribution in [3.8, 4) is 5.82 Å². The van der Waals surface area contributed by atoms with Crippen LogP contribution in [0.2, 0.25) is 0 Å². The Morgan fingerprint density at radius 3 is 2.56 bits per heavy atom. The number of rotatable bonds is 3. The molecule has 0 aliphatic rings. The van der Waals surface area contributed by atoms with Crippen LogP contribution in [-0.4, -0.2) is 25.4 Å². The average Bonchev–Trinajstić information content (AvgIpc) is 2.91. The van der Waals surface area contributed by atoms with Crippen molar-refractivity contribution >= 4 is 23.0 Å². The van der Waals surface area contributed by atoms with Gasteiger partial charge in [0.2, 0.25) is 11.9 Å². The van der Waals surface area contributed by atoms with Gasteiger partial charge in [0, 0.05) is 6.42 Å². The lowest BCUT2D eigenvalue weighted by molar-refractivity contribution is -0.141. The first-order valence-electron chi connectivity index (χ1n) is 7.18. The average molecular weight is 353 g/mol. The summed E-state index contributed by atoms with van der Waals surface area (Å²) < 4.78 is 53.1. The highest BCUT2D eigenvalue weighted by Crippen LogP contribution is 2.30. The summed E-state index contributed by atoms with van der Waals surface area (Å²) in [6, 6.07) is 4.28. The molecule has 0 radical (unpaired) electrons. The van der Waals surface area contributed by atoms with Gasteiger partial charge >= 0.3 is 6.18 Å². The van der Waals surface area contributed by atoms with E-state index in [1.165, 1.54) is 6.07 Å². The maximum absolute atomic E-state index is 13.1. The zero-order valence-electron chi connectivity index (χ0n) is 12.8. The molecule has 130 valence electrons. The highest BCUT2D eigenvalue weighted by atomic mass is 19.4. The van der Waals surface area contributed by atoms with Gasteiger partial charge in [0.05, 0.1) is 6.20 Å². The third kappa shape index (κ3) is 3.28. The standard InChI is InChI=1S/C15H11F4N5O/c1-2-12(25)23-14-21-9-4-5-10(15(17,18)19)22-13(9)24(14)11-6-3-8(16)7-20-11/h3-7H,2H2,1H3,(H,21,23,25). The zero-order valence-corrected chi connectivity index (χ0v) is 12.8. The van der Waals surface area contributed by atoms with E-state index in [0.717, 1.165) is 29.0 Å². The number of alkyl halides is 3. The minimum atomic E-state index is -4.65. The highest BCUT2D eigenvalue weighted by Gasteiger charge is 2.33. The Morgan fingerprint density at radius 2 is 1.96 bits per heavy atom. The normalized spacial score (nSPS) is 11.7. The Balaban J connectivity index is 2.25. The summed E-state index contributed by atoms with van der Waals surface area (Å²) in [6.07, 6.45) is -3.60. The summed E-state index contributed by atoms with van der Waals surface area (Å²) in [6.45, 7) is 1.61. The van der Waals surface area contributed by atoms with Crippen LogP contribution in [0.1, 0.15) is 19.0 Å². The zero-order chi connectivity index (χ0) is 18.2. The molecule has 0 aliphatic heterocycles. The van der Waals surface area contributed by atoms with E-state index < -0.39 is 23.6 Å². The van der Waals surface area contributed by atoms with Crippen molar-refractivity contribution in [2.24, 2.45) is 0 Å². The Bertz CT molecular complexity index is 933. The highest BCUT2D eigenvalue weighted by molar-refractivity contribution is 5.91. The number of hydrogen-bond donors (Lipinski definition) is 1. The topological polar surface area (TPSA) is 72.7 Å². The minimum Gasteiger partial charge on any atom is -0.296 e. The van der Waals surface area contributed by atoms with E-state index in [-0.39, 0.29) is 29.4 Å². The number of pyridine rings is 2. The number of carbonyl (C=O) groups excluding carboxylic acids is 1. The first-order chi connectivity index (χ1) is 11.8. The van der Waals surface area contributed by atoms with Crippen LogP contribution >= 0.6 is 0 Å². The molecule has 0 atom stereocenters. The number of halogens is 4. The van der Waals surface area contributed by atoms with Crippen LogP contribution in [0.25, 0.3) is 17.0 Å². The summed E-state index contributed by atoms with van der Waals surface area (Å²) >= 11 is 0. The van der Waals surface area contributed by atoms with Crippen LogP contribution in [-0.2, 0) is 11.0 Å². The van der Waals surface area contributed by atoms with Gasteiger partial charge in [-0.3, -0.25) is 10.1 Å². The monoisotopic (exact) mass is 353 g/mol. The lowest BCUT2D eigenvalue weighted by atomic mass is 10.3. The second kappa shape index (κ2) is 6.11. The predicted octanol–water partition coefficient (Wildman–Crippen LogP) is 3.32. The lowest BCUT2D eigenvalue weighted by Gasteiger charge is -2.09. The molecule has 10 heteroatoms. The van der Waals surface area contributed by atoms with Crippen molar-refractivity contribution in [3.63, 3.8) is 0 Å². The lowest BCUT2D eigenvalue weighted by Crippen LogP contribution is -2.15. The molecule has 0 aliphatic carbocycles. The van der Waals surface area contributed by atoms with Gasteiger partial charge in [0.15, 0.2) is 5.65 Å². The van der Waals surface area contributed by atoms with Gasteiger partial charge in [-0.2, -0.15) is 13.2 Å². The van der Waals surface area contributed by atoms with Crippen LogP contribution in [0.3, 0.4) is 0 Å². The number of amides is 1. The van der Waals surface area contributed by atoms with Gasteiger partial charge in [-0.25, -0.2) is 23.9 Å². The Kier molecular flexibility index (Phi) is 4.11. The van der Waals surface area contributed by atoms with Crippen molar-refractivity contribution in [1.29, 1.82) is 0 Å². The van der Waals surface area contributed by atoms with Gasteiger partial charge in [-0.1, -0.05) is 6.92 Å². The van der Waals surface area contributed by atoms with Crippen LogP contribution < -0.4 is 5.32 Å². The third-order valence-electron chi connectivity index (χ3n) is 3.31. The van der Waals surface area contributed by atoms with Crippen LogP contribution in [0, 0.1) is 5.82 Å². The van der Waals surface area contributed by atoms with Gasteiger partial charge in [0.25, 0.3) is 0 Å². The Labute approximate surface area is 138 Å². The van der Waals surface area contributed by atoms with Crippen molar-refractivity contribution < 1.29 is 22.4 Å². The molecule has 3 heterocycles. The SMILES string of the molecule is CCC(=O)Nc1nc2ccc(C(F)(F)F)nc2n1-c1ccc(F)cn1. The van der Waals surface area contributed by atoms with E-state index in [4.69, 9.17) is 0 Å². The van der Waals surface area contributed by atoms with E-state index >= 15 is 0 Å². The molecule has 3 aromatic heterocycles. The molecule has 0 aromatic carbocycles. The van der Waals surface area contributed by atoms with E-state index in [1.807, 2.05) is 0 Å². The maximum atomic E-state index is 13.1. The Hall–Kier alpha value is -3.04. The molecular weight excluding hydrogens is 342 g/mol. The predicted molar refractivity (Wildman–Crippen MR) is 80.5 cm³/mol. The molecule has 0 spiro atoms. The number of nitrogens with zero attached hydrogens (tertiary/aromatic N) is 4. The number of aromatic nitrogens is 4. The van der Waals surface area contributed by atoms with Crippen LogP contribution in [0.15, 0.2) is 30.5 Å². The largest absolute Gasteiger partial charge is 0.433 e. The molecular formula is C15H11F4N5O. The van der Waals surface area contributed by atoms with E-state index in [1.54, 1.807) is 6.92 Å². The van der Waals surface area contributed by atoms with Gasteiger partial charge in [-0.15, -0.1) is 0 Å². The fourth-order valence-corrected chi connectivity index (χ4v) is 2.13. The summed E-state index contributed by atoms with van der Waals surface area (Å²) in [4.78, 5) is 23.2. The summed E-state index contributed by atoms with van der Waals surface area (Å²) in [7, 11) is 0. The number of carbonyl (C=O) groups is 1. The second-order valence-electron chi connectivity index (χ2n) is 5.04. The summed E-state index contributed by atoms with van der Waals surface area (Å²) in [5.41, 5.74) is -1.14. The molecule has 3 aromatic rings. The Morgan fingerprint density at radius 1 is 1.20 bits per heavy atom. The number of anilines is 1.